The van der Waals surface area contributed by atoms with E-state index in [1.807, 2.05) is 0 Å². The first-order valence-corrected chi connectivity index (χ1v) is 7.43. The first-order chi connectivity index (χ1) is 7.96. The molecule has 0 aromatic heterocycles. The molecular formula is C10H18N2O4S. The monoisotopic (exact) mass is 262 g/mol. The van der Waals surface area contributed by atoms with Crippen LogP contribution in [0.2, 0.25) is 0 Å². The van der Waals surface area contributed by atoms with Crippen molar-refractivity contribution in [1.29, 1.82) is 0 Å². The van der Waals surface area contributed by atoms with E-state index in [0.717, 1.165) is 25.7 Å². The van der Waals surface area contributed by atoms with Crippen LogP contribution in [0.5, 0.6) is 0 Å². The van der Waals surface area contributed by atoms with Crippen LogP contribution >= 0.6 is 0 Å². The molecule has 2 rings (SSSR count). The number of nitrogens with zero attached hydrogens (tertiary/aromatic N) is 1. The average Bonchev–Trinajstić information content (AvgIpc) is 2.24. The Kier molecular flexibility index (Phi) is 3.42. The van der Waals surface area contributed by atoms with Gasteiger partial charge in [0.05, 0.1) is 0 Å². The fourth-order valence-electron chi connectivity index (χ4n) is 2.31. The average molecular weight is 262 g/mol. The van der Waals surface area contributed by atoms with E-state index in [4.69, 9.17) is 5.11 Å². The summed E-state index contributed by atoms with van der Waals surface area (Å²) in [6.45, 7) is 0.982. The maximum Gasteiger partial charge on any atom is 0.324 e. The molecule has 98 valence electrons. The number of hydrogen-bond donors (Lipinski definition) is 2. The van der Waals surface area contributed by atoms with Crippen LogP contribution in [0.4, 0.5) is 0 Å². The van der Waals surface area contributed by atoms with Crippen molar-refractivity contribution in [2.45, 2.75) is 44.1 Å². The molecule has 2 aliphatic rings. The molecule has 1 heterocycles. The normalized spacial score (nSPS) is 25.2. The number of hydrogen-bond acceptors (Lipinski definition) is 3. The van der Waals surface area contributed by atoms with E-state index in [2.05, 4.69) is 4.72 Å². The Morgan fingerprint density at radius 1 is 1.12 bits per heavy atom. The number of aliphatic carboxylic acids is 1. The highest BCUT2D eigenvalue weighted by atomic mass is 32.2. The second kappa shape index (κ2) is 4.55. The summed E-state index contributed by atoms with van der Waals surface area (Å²) in [7, 11) is -3.64. The van der Waals surface area contributed by atoms with Crippen molar-refractivity contribution < 1.29 is 18.3 Å². The van der Waals surface area contributed by atoms with Crippen molar-refractivity contribution in [2.24, 2.45) is 0 Å². The third-order valence-electron chi connectivity index (χ3n) is 3.60. The number of rotatable bonds is 4. The number of piperidine rings is 1. The van der Waals surface area contributed by atoms with Gasteiger partial charge in [-0.25, -0.2) is 0 Å². The van der Waals surface area contributed by atoms with E-state index < -0.39 is 21.7 Å². The van der Waals surface area contributed by atoms with Crippen LogP contribution in [0.1, 0.15) is 38.5 Å². The van der Waals surface area contributed by atoms with E-state index in [0.29, 0.717) is 25.9 Å². The van der Waals surface area contributed by atoms with Gasteiger partial charge in [-0.3, -0.25) is 4.79 Å². The summed E-state index contributed by atoms with van der Waals surface area (Å²) in [5.41, 5.74) is -1.25. The van der Waals surface area contributed by atoms with E-state index in [1.165, 1.54) is 4.31 Å². The molecule has 1 saturated heterocycles. The molecule has 0 aromatic rings. The van der Waals surface area contributed by atoms with Crippen molar-refractivity contribution in [3.63, 3.8) is 0 Å². The van der Waals surface area contributed by atoms with Crippen LogP contribution in [0, 0.1) is 0 Å². The van der Waals surface area contributed by atoms with Gasteiger partial charge in [-0.15, -0.1) is 0 Å². The maximum absolute atomic E-state index is 12.0. The lowest BCUT2D eigenvalue weighted by atomic mass is 9.78. The predicted octanol–water partition coefficient (Wildman–Crippen LogP) is 0.314. The standard InChI is InChI=1S/C10H18N2O4S/c13-9(14)10(5-4-6-10)11-17(15,16)12-7-2-1-3-8-12/h11H,1-8H2,(H,13,14). The lowest BCUT2D eigenvalue weighted by Gasteiger charge is -2.39. The van der Waals surface area contributed by atoms with Gasteiger partial charge >= 0.3 is 5.97 Å². The lowest BCUT2D eigenvalue weighted by Crippen LogP contribution is -2.62. The Morgan fingerprint density at radius 3 is 2.12 bits per heavy atom. The van der Waals surface area contributed by atoms with Gasteiger partial charge in [0.1, 0.15) is 5.54 Å². The van der Waals surface area contributed by atoms with Crippen molar-refractivity contribution >= 4 is 16.2 Å². The summed E-state index contributed by atoms with van der Waals surface area (Å²) < 4.78 is 27.8. The molecule has 2 fully saturated rings. The highest BCUT2D eigenvalue weighted by Crippen LogP contribution is 2.33. The summed E-state index contributed by atoms with van der Waals surface area (Å²) in [6.07, 6.45) is 4.26. The zero-order chi connectivity index (χ0) is 12.5. The van der Waals surface area contributed by atoms with Gasteiger partial charge < -0.3 is 5.11 Å². The molecule has 0 amide bonds. The van der Waals surface area contributed by atoms with E-state index >= 15 is 0 Å². The fourth-order valence-corrected chi connectivity index (χ4v) is 3.96. The minimum atomic E-state index is -3.64. The first-order valence-electron chi connectivity index (χ1n) is 5.99. The Hall–Kier alpha value is -0.660. The highest BCUT2D eigenvalue weighted by molar-refractivity contribution is 7.87. The van der Waals surface area contributed by atoms with Gasteiger partial charge in [-0.1, -0.05) is 6.42 Å². The quantitative estimate of drug-likeness (QED) is 0.763. The van der Waals surface area contributed by atoms with E-state index in [9.17, 15) is 13.2 Å². The molecule has 17 heavy (non-hydrogen) atoms. The van der Waals surface area contributed by atoms with Crippen LogP contribution in [0.3, 0.4) is 0 Å². The molecular weight excluding hydrogens is 244 g/mol. The number of carboxylic acids is 1. The summed E-state index contributed by atoms with van der Waals surface area (Å²) >= 11 is 0. The van der Waals surface area contributed by atoms with Crippen molar-refractivity contribution in [1.82, 2.24) is 9.03 Å². The van der Waals surface area contributed by atoms with Gasteiger partial charge in [0.2, 0.25) is 0 Å². The summed E-state index contributed by atoms with van der Waals surface area (Å²) in [5.74, 6) is -1.07. The van der Waals surface area contributed by atoms with Crippen LogP contribution < -0.4 is 4.72 Å². The summed E-state index contributed by atoms with van der Waals surface area (Å²) in [6, 6.07) is 0. The smallest absolute Gasteiger partial charge is 0.324 e. The Morgan fingerprint density at radius 2 is 1.71 bits per heavy atom. The third-order valence-corrected chi connectivity index (χ3v) is 5.29. The zero-order valence-corrected chi connectivity index (χ0v) is 10.5. The molecule has 0 bridgehead atoms. The minimum absolute atomic E-state index is 0.384. The highest BCUT2D eigenvalue weighted by Gasteiger charge is 2.48. The molecule has 6 nitrogen and oxygen atoms in total. The Balaban J connectivity index is 2.08. The van der Waals surface area contributed by atoms with Crippen molar-refractivity contribution in [2.75, 3.05) is 13.1 Å². The SMILES string of the molecule is O=C(O)C1(NS(=O)(=O)N2CCCCC2)CCC1. The van der Waals surface area contributed by atoms with Crippen LogP contribution in [-0.2, 0) is 15.0 Å². The third kappa shape index (κ3) is 2.46. The van der Waals surface area contributed by atoms with Gasteiger partial charge in [0.15, 0.2) is 0 Å². The second-order valence-electron chi connectivity index (χ2n) is 4.81. The topological polar surface area (TPSA) is 86.7 Å². The van der Waals surface area contributed by atoms with E-state index in [-0.39, 0.29) is 0 Å². The second-order valence-corrected chi connectivity index (χ2v) is 6.48. The molecule has 0 atom stereocenters. The molecule has 2 N–H and O–H groups in total. The Labute approximate surface area is 101 Å². The summed E-state index contributed by atoms with van der Waals surface area (Å²) in [4.78, 5) is 11.1. The summed E-state index contributed by atoms with van der Waals surface area (Å²) in [5, 5.41) is 9.10. The van der Waals surface area contributed by atoms with Gasteiger partial charge in [0, 0.05) is 13.1 Å². The van der Waals surface area contributed by atoms with Gasteiger partial charge in [-0.05, 0) is 32.1 Å². The lowest BCUT2D eigenvalue weighted by molar-refractivity contribution is -0.147. The van der Waals surface area contributed by atoms with Gasteiger partial charge in [0.25, 0.3) is 10.2 Å². The predicted molar refractivity (Wildman–Crippen MR) is 61.7 cm³/mol. The Bertz CT molecular complexity index is 397. The van der Waals surface area contributed by atoms with Crippen molar-refractivity contribution in [3.8, 4) is 0 Å². The molecule has 0 unspecified atom stereocenters. The molecule has 0 radical (unpaired) electrons. The number of carbonyl (C=O) groups is 1. The molecule has 1 aliphatic heterocycles. The number of carboxylic acid groups (broad SMARTS) is 1. The molecule has 7 heteroatoms. The van der Waals surface area contributed by atoms with Crippen LogP contribution in [0.25, 0.3) is 0 Å². The van der Waals surface area contributed by atoms with E-state index in [1.54, 1.807) is 0 Å². The molecule has 1 saturated carbocycles. The number of nitrogens with one attached hydrogen (secondary N) is 1. The first kappa shape index (κ1) is 12.8. The molecule has 0 aromatic carbocycles. The van der Waals surface area contributed by atoms with Crippen molar-refractivity contribution in [3.05, 3.63) is 0 Å². The fraction of sp³-hybridized carbons (Fsp3) is 0.900. The molecule has 0 spiro atoms. The maximum atomic E-state index is 12.0. The largest absolute Gasteiger partial charge is 0.480 e. The zero-order valence-electron chi connectivity index (χ0n) is 9.68. The van der Waals surface area contributed by atoms with Gasteiger partial charge in [-0.2, -0.15) is 17.4 Å². The van der Waals surface area contributed by atoms with Crippen LogP contribution in [0.15, 0.2) is 0 Å². The molecule has 1 aliphatic carbocycles. The minimum Gasteiger partial charge on any atom is -0.480 e. The van der Waals surface area contributed by atoms with Crippen LogP contribution in [-0.4, -0.2) is 42.4 Å².